The number of halogens is 1. The van der Waals surface area contributed by atoms with Gasteiger partial charge in [0, 0.05) is 29.8 Å². The van der Waals surface area contributed by atoms with Crippen LogP contribution >= 0.6 is 15.9 Å². The summed E-state index contributed by atoms with van der Waals surface area (Å²) >= 11 is 3.46. The molecule has 1 atom stereocenters. The normalized spacial score (nSPS) is 25.1. The summed E-state index contributed by atoms with van der Waals surface area (Å²) in [6.07, 6.45) is 1.89. The van der Waals surface area contributed by atoms with Crippen molar-refractivity contribution in [3.63, 3.8) is 0 Å². The topological polar surface area (TPSA) is 49.5 Å². The van der Waals surface area contributed by atoms with Gasteiger partial charge in [-0.25, -0.2) is 0 Å². The summed E-state index contributed by atoms with van der Waals surface area (Å²) in [5.74, 6) is 0. The van der Waals surface area contributed by atoms with E-state index in [4.69, 9.17) is 5.73 Å². The van der Waals surface area contributed by atoms with Crippen LogP contribution in [-0.4, -0.2) is 23.8 Å². The van der Waals surface area contributed by atoms with E-state index in [2.05, 4.69) is 33.0 Å². The summed E-state index contributed by atoms with van der Waals surface area (Å²) in [4.78, 5) is 2.23. The van der Waals surface area contributed by atoms with Gasteiger partial charge in [0.15, 0.2) is 0 Å². The van der Waals surface area contributed by atoms with Crippen molar-refractivity contribution in [1.82, 2.24) is 0 Å². The van der Waals surface area contributed by atoms with Crippen LogP contribution in [0.15, 0.2) is 22.7 Å². The molecular formula is C13H19BrN2O. The Morgan fingerprint density at radius 3 is 2.94 bits per heavy atom. The molecule has 1 unspecified atom stereocenters. The van der Waals surface area contributed by atoms with Crippen LogP contribution in [0.2, 0.25) is 0 Å². The first kappa shape index (κ1) is 12.9. The molecule has 0 aliphatic carbocycles. The summed E-state index contributed by atoms with van der Waals surface area (Å²) in [5.41, 5.74) is 7.47. The van der Waals surface area contributed by atoms with Crippen molar-refractivity contribution >= 4 is 21.6 Å². The number of hydrogen-bond acceptors (Lipinski definition) is 3. The molecule has 0 aromatic heterocycles. The first-order chi connectivity index (χ1) is 8.02. The van der Waals surface area contributed by atoms with Gasteiger partial charge in [0.25, 0.3) is 0 Å². The Bertz CT molecular complexity index is 406. The Morgan fingerprint density at radius 1 is 1.53 bits per heavy atom. The van der Waals surface area contributed by atoms with Crippen LogP contribution in [-0.2, 0) is 6.54 Å². The van der Waals surface area contributed by atoms with Gasteiger partial charge in [-0.3, -0.25) is 0 Å². The van der Waals surface area contributed by atoms with Crippen molar-refractivity contribution in [2.45, 2.75) is 31.9 Å². The van der Waals surface area contributed by atoms with E-state index in [1.54, 1.807) is 0 Å². The smallest absolute Gasteiger partial charge is 0.0794 e. The quantitative estimate of drug-likeness (QED) is 0.880. The fraction of sp³-hybridized carbons (Fsp3) is 0.538. The third kappa shape index (κ3) is 3.00. The number of aliphatic hydroxyl groups is 1. The molecular weight excluding hydrogens is 280 g/mol. The number of benzene rings is 1. The zero-order chi connectivity index (χ0) is 12.5. The number of β-amino-alcohol motifs (C(OH)–C–C–N with tert-alkyl or cyclic N) is 1. The summed E-state index contributed by atoms with van der Waals surface area (Å²) in [6, 6.07) is 6.16. The van der Waals surface area contributed by atoms with Crippen molar-refractivity contribution in [3.05, 3.63) is 28.2 Å². The molecule has 94 valence electrons. The molecule has 0 radical (unpaired) electrons. The highest BCUT2D eigenvalue weighted by Gasteiger charge is 2.29. The van der Waals surface area contributed by atoms with Crippen LogP contribution < -0.4 is 10.6 Å². The molecule has 3 nitrogen and oxygen atoms in total. The maximum absolute atomic E-state index is 10.1. The highest BCUT2D eigenvalue weighted by atomic mass is 79.9. The second kappa shape index (κ2) is 4.96. The molecule has 0 amide bonds. The Balaban J connectivity index is 2.27. The first-order valence-electron chi connectivity index (χ1n) is 5.98. The lowest BCUT2D eigenvalue weighted by molar-refractivity contribution is 0.0449. The van der Waals surface area contributed by atoms with E-state index in [9.17, 15) is 5.11 Å². The minimum absolute atomic E-state index is 0.521. The van der Waals surface area contributed by atoms with Crippen LogP contribution in [0.1, 0.15) is 25.3 Å². The van der Waals surface area contributed by atoms with Crippen molar-refractivity contribution in [3.8, 4) is 0 Å². The highest BCUT2D eigenvalue weighted by Crippen LogP contribution is 2.29. The SMILES string of the molecule is CC1(O)CCCN(c2ccc(Br)cc2CN)C1. The van der Waals surface area contributed by atoms with E-state index < -0.39 is 5.60 Å². The van der Waals surface area contributed by atoms with Gasteiger partial charge in [-0.05, 0) is 43.5 Å². The van der Waals surface area contributed by atoms with Crippen LogP contribution in [0, 0.1) is 0 Å². The van der Waals surface area contributed by atoms with E-state index in [1.807, 2.05) is 13.0 Å². The molecule has 1 aliphatic heterocycles. The fourth-order valence-electron chi connectivity index (χ4n) is 2.45. The lowest BCUT2D eigenvalue weighted by Gasteiger charge is -2.39. The van der Waals surface area contributed by atoms with Crippen LogP contribution in [0.4, 0.5) is 5.69 Å². The maximum atomic E-state index is 10.1. The molecule has 17 heavy (non-hydrogen) atoms. The zero-order valence-corrected chi connectivity index (χ0v) is 11.7. The minimum atomic E-state index is -0.586. The Kier molecular flexibility index (Phi) is 3.76. The van der Waals surface area contributed by atoms with E-state index in [0.29, 0.717) is 13.1 Å². The maximum Gasteiger partial charge on any atom is 0.0794 e. The average Bonchev–Trinajstić information content (AvgIpc) is 2.27. The molecule has 1 heterocycles. The summed E-state index contributed by atoms with van der Waals surface area (Å²) in [5, 5.41) is 10.1. The predicted molar refractivity (Wildman–Crippen MR) is 74.1 cm³/mol. The van der Waals surface area contributed by atoms with E-state index in [0.717, 1.165) is 35.1 Å². The van der Waals surface area contributed by atoms with Gasteiger partial charge in [0.05, 0.1) is 5.60 Å². The van der Waals surface area contributed by atoms with E-state index >= 15 is 0 Å². The van der Waals surface area contributed by atoms with Gasteiger partial charge < -0.3 is 15.7 Å². The highest BCUT2D eigenvalue weighted by molar-refractivity contribution is 9.10. The number of nitrogens with zero attached hydrogens (tertiary/aromatic N) is 1. The molecule has 0 spiro atoms. The lowest BCUT2D eigenvalue weighted by Crippen LogP contribution is -2.46. The van der Waals surface area contributed by atoms with Crippen molar-refractivity contribution in [2.24, 2.45) is 5.73 Å². The largest absolute Gasteiger partial charge is 0.388 e. The molecule has 1 aromatic rings. The molecule has 0 saturated carbocycles. The number of nitrogens with two attached hydrogens (primary N) is 1. The number of piperidine rings is 1. The average molecular weight is 299 g/mol. The first-order valence-corrected chi connectivity index (χ1v) is 6.77. The summed E-state index contributed by atoms with van der Waals surface area (Å²) in [6.45, 7) is 4.10. The minimum Gasteiger partial charge on any atom is -0.388 e. The zero-order valence-electron chi connectivity index (χ0n) is 10.1. The molecule has 0 bridgehead atoms. The van der Waals surface area contributed by atoms with Crippen molar-refractivity contribution in [2.75, 3.05) is 18.0 Å². The lowest BCUT2D eigenvalue weighted by atomic mass is 9.94. The van der Waals surface area contributed by atoms with Gasteiger partial charge in [0.2, 0.25) is 0 Å². The third-order valence-electron chi connectivity index (χ3n) is 3.28. The number of hydrogen-bond donors (Lipinski definition) is 2. The molecule has 3 N–H and O–H groups in total. The van der Waals surface area contributed by atoms with Crippen LogP contribution in [0.5, 0.6) is 0 Å². The molecule has 1 aliphatic rings. The molecule has 1 saturated heterocycles. The monoisotopic (exact) mass is 298 g/mol. The molecule has 4 heteroatoms. The van der Waals surface area contributed by atoms with Gasteiger partial charge in [0.1, 0.15) is 0 Å². The van der Waals surface area contributed by atoms with Crippen molar-refractivity contribution in [1.29, 1.82) is 0 Å². The third-order valence-corrected chi connectivity index (χ3v) is 3.77. The van der Waals surface area contributed by atoms with Gasteiger partial charge in [-0.2, -0.15) is 0 Å². The van der Waals surface area contributed by atoms with E-state index in [1.165, 1.54) is 0 Å². The Hall–Kier alpha value is -0.580. The van der Waals surface area contributed by atoms with Gasteiger partial charge in [-0.15, -0.1) is 0 Å². The van der Waals surface area contributed by atoms with Crippen LogP contribution in [0.3, 0.4) is 0 Å². The van der Waals surface area contributed by atoms with Crippen LogP contribution in [0.25, 0.3) is 0 Å². The number of anilines is 1. The Labute approximate surface area is 111 Å². The molecule has 1 aromatic carbocycles. The summed E-state index contributed by atoms with van der Waals surface area (Å²) in [7, 11) is 0. The molecule has 2 rings (SSSR count). The van der Waals surface area contributed by atoms with Gasteiger partial charge in [-0.1, -0.05) is 15.9 Å². The Morgan fingerprint density at radius 2 is 2.29 bits per heavy atom. The van der Waals surface area contributed by atoms with Gasteiger partial charge >= 0.3 is 0 Å². The van der Waals surface area contributed by atoms with Crippen molar-refractivity contribution < 1.29 is 5.11 Å². The van der Waals surface area contributed by atoms with E-state index in [-0.39, 0.29) is 0 Å². The second-order valence-electron chi connectivity index (χ2n) is 5.00. The standard InChI is InChI=1S/C13H19BrN2O/c1-13(17)5-2-6-16(9-13)12-4-3-11(14)7-10(12)8-15/h3-4,7,17H,2,5-6,8-9,15H2,1H3. The predicted octanol–water partition coefficient (Wildman–Crippen LogP) is 2.26. The summed E-state index contributed by atoms with van der Waals surface area (Å²) < 4.78 is 1.05. The number of rotatable bonds is 2. The molecule has 1 fully saturated rings. The fourth-order valence-corrected chi connectivity index (χ4v) is 2.86. The second-order valence-corrected chi connectivity index (χ2v) is 5.91.